The number of fused-ring (bicyclic) bond motifs is 1. The van der Waals surface area contributed by atoms with E-state index in [9.17, 15) is 0 Å². The molecule has 3 aromatic rings. The van der Waals surface area contributed by atoms with E-state index in [0.29, 0.717) is 5.95 Å². The van der Waals surface area contributed by atoms with Gasteiger partial charge in [0.2, 0.25) is 5.95 Å². The van der Waals surface area contributed by atoms with Gasteiger partial charge >= 0.3 is 0 Å². The maximum atomic E-state index is 4.25. The van der Waals surface area contributed by atoms with Gasteiger partial charge in [-0.2, -0.15) is 0 Å². The molecule has 4 nitrogen and oxygen atoms in total. The van der Waals surface area contributed by atoms with Crippen molar-refractivity contribution < 1.29 is 0 Å². The van der Waals surface area contributed by atoms with Crippen LogP contribution < -0.4 is 0 Å². The van der Waals surface area contributed by atoms with Gasteiger partial charge in [-0.25, -0.2) is 9.97 Å². The van der Waals surface area contributed by atoms with Gasteiger partial charge in [0.25, 0.3) is 0 Å². The SMILES string of the molecule is Brc1cnc(-n2ccc3ccncc32)nc1. The zero-order valence-corrected chi connectivity index (χ0v) is 9.79. The van der Waals surface area contributed by atoms with Gasteiger partial charge in [0.1, 0.15) is 0 Å². The Morgan fingerprint density at radius 2 is 1.88 bits per heavy atom. The van der Waals surface area contributed by atoms with Crippen molar-refractivity contribution in [2.45, 2.75) is 0 Å². The molecular weight excluding hydrogens is 268 g/mol. The minimum absolute atomic E-state index is 0.645. The Kier molecular flexibility index (Phi) is 2.18. The Morgan fingerprint density at radius 1 is 1.06 bits per heavy atom. The van der Waals surface area contributed by atoms with Gasteiger partial charge in [-0.05, 0) is 28.1 Å². The maximum Gasteiger partial charge on any atom is 0.234 e. The number of hydrogen-bond donors (Lipinski definition) is 0. The van der Waals surface area contributed by atoms with Crippen LogP contribution in [0.5, 0.6) is 0 Å². The third-order valence-corrected chi connectivity index (χ3v) is 2.73. The van der Waals surface area contributed by atoms with Gasteiger partial charge < -0.3 is 0 Å². The number of aromatic nitrogens is 4. The van der Waals surface area contributed by atoms with Crippen molar-refractivity contribution in [3.63, 3.8) is 0 Å². The van der Waals surface area contributed by atoms with Crippen molar-refractivity contribution in [1.82, 2.24) is 19.5 Å². The summed E-state index contributed by atoms with van der Waals surface area (Å²) >= 11 is 3.31. The Labute approximate surface area is 100 Å². The lowest BCUT2D eigenvalue weighted by Crippen LogP contribution is -1.98. The summed E-state index contributed by atoms with van der Waals surface area (Å²) in [6.07, 6.45) is 8.97. The Hall–Kier alpha value is -1.75. The fraction of sp³-hybridized carbons (Fsp3) is 0. The minimum Gasteiger partial charge on any atom is -0.284 e. The molecule has 0 amide bonds. The zero-order valence-electron chi connectivity index (χ0n) is 8.21. The summed E-state index contributed by atoms with van der Waals surface area (Å²) in [5, 5.41) is 1.13. The lowest BCUT2D eigenvalue weighted by Gasteiger charge is -2.02. The third kappa shape index (κ3) is 1.49. The lowest BCUT2D eigenvalue weighted by molar-refractivity contribution is 0.955. The number of hydrogen-bond acceptors (Lipinski definition) is 3. The highest BCUT2D eigenvalue weighted by Crippen LogP contribution is 2.17. The average Bonchev–Trinajstić information content (AvgIpc) is 2.74. The number of nitrogens with zero attached hydrogens (tertiary/aromatic N) is 4. The van der Waals surface area contributed by atoms with Crippen LogP contribution in [0.2, 0.25) is 0 Å². The molecule has 0 bridgehead atoms. The molecular formula is C11H7BrN4. The molecule has 0 radical (unpaired) electrons. The van der Waals surface area contributed by atoms with E-state index >= 15 is 0 Å². The van der Waals surface area contributed by atoms with E-state index in [1.54, 1.807) is 24.8 Å². The van der Waals surface area contributed by atoms with Crippen LogP contribution in [-0.2, 0) is 0 Å². The third-order valence-electron chi connectivity index (χ3n) is 2.32. The second kappa shape index (κ2) is 3.68. The van der Waals surface area contributed by atoms with Gasteiger partial charge in [-0.3, -0.25) is 9.55 Å². The molecule has 0 fully saturated rings. The monoisotopic (exact) mass is 274 g/mol. The van der Waals surface area contributed by atoms with E-state index in [-0.39, 0.29) is 0 Å². The zero-order chi connectivity index (χ0) is 11.0. The largest absolute Gasteiger partial charge is 0.284 e. The van der Waals surface area contributed by atoms with Gasteiger partial charge in [0.05, 0.1) is 16.2 Å². The van der Waals surface area contributed by atoms with E-state index in [1.165, 1.54) is 0 Å². The van der Waals surface area contributed by atoms with Crippen molar-refractivity contribution in [2.24, 2.45) is 0 Å². The minimum atomic E-state index is 0.645. The summed E-state index contributed by atoms with van der Waals surface area (Å²) < 4.78 is 2.78. The molecule has 0 atom stereocenters. The normalized spacial score (nSPS) is 10.8. The molecule has 0 aliphatic carbocycles. The smallest absolute Gasteiger partial charge is 0.234 e. The second-order valence-corrected chi connectivity index (χ2v) is 4.24. The van der Waals surface area contributed by atoms with Crippen LogP contribution >= 0.6 is 15.9 Å². The summed E-state index contributed by atoms with van der Waals surface area (Å²) in [5.41, 5.74) is 1.00. The Balaban J connectivity index is 2.22. The first-order valence-electron chi connectivity index (χ1n) is 4.73. The predicted octanol–water partition coefficient (Wildman–Crippen LogP) is 2.58. The van der Waals surface area contributed by atoms with Gasteiger partial charge in [0.15, 0.2) is 0 Å². The average molecular weight is 275 g/mol. The van der Waals surface area contributed by atoms with Crippen LogP contribution in [0.4, 0.5) is 0 Å². The molecule has 78 valence electrons. The van der Waals surface area contributed by atoms with Gasteiger partial charge in [-0.15, -0.1) is 0 Å². The lowest BCUT2D eigenvalue weighted by atomic mass is 10.3. The van der Waals surface area contributed by atoms with Gasteiger partial charge in [-0.1, -0.05) is 0 Å². The van der Waals surface area contributed by atoms with Crippen LogP contribution in [0.3, 0.4) is 0 Å². The first kappa shape index (κ1) is 9.47. The van der Waals surface area contributed by atoms with Crippen molar-refractivity contribution in [3.8, 4) is 5.95 Å². The van der Waals surface area contributed by atoms with E-state index in [1.807, 2.05) is 22.9 Å². The summed E-state index contributed by atoms with van der Waals surface area (Å²) in [6, 6.07) is 3.98. The van der Waals surface area contributed by atoms with Crippen molar-refractivity contribution in [3.05, 3.63) is 47.6 Å². The second-order valence-electron chi connectivity index (χ2n) is 3.32. The molecule has 0 saturated carbocycles. The highest BCUT2D eigenvalue weighted by Gasteiger charge is 2.04. The van der Waals surface area contributed by atoms with E-state index in [0.717, 1.165) is 15.4 Å². The first-order valence-corrected chi connectivity index (χ1v) is 5.53. The van der Waals surface area contributed by atoms with Crippen LogP contribution in [0.1, 0.15) is 0 Å². The molecule has 16 heavy (non-hydrogen) atoms. The summed E-state index contributed by atoms with van der Waals surface area (Å²) in [5.74, 6) is 0.645. The molecule has 3 rings (SSSR count). The molecule has 0 unspecified atom stereocenters. The van der Waals surface area contributed by atoms with E-state index < -0.39 is 0 Å². The van der Waals surface area contributed by atoms with Crippen LogP contribution in [-0.4, -0.2) is 19.5 Å². The quantitative estimate of drug-likeness (QED) is 0.685. The van der Waals surface area contributed by atoms with E-state index in [2.05, 4.69) is 30.9 Å². The molecule has 0 aliphatic heterocycles. The van der Waals surface area contributed by atoms with Gasteiger partial charge in [0, 0.05) is 30.2 Å². The number of pyridine rings is 1. The molecule has 0 aliphatic rings. The number of halogens is 1. The highest BCUT2D eigenvalue weighted by molar-refractivity contribution is 9.10. The fourth-order valence-electron chi connectivity index (χ4n) is 1.58. The molecule has 0 spiro atoms. The standard InChI is InChI=1S/C11H7BrN4/c12-9-5-14-11(15-6-9)16-4-2-8-1-3-13-7-10(8)16/h1-7H. The molecule has 3 heterocycles. The number of rotatable bonds is 1. The first-order chi connectivity index (χ1) is 7.84. The summed E-state index contributed by atoms with van der Waals surface area (Å²) in [6.45, 7) is 0. The Bertz CT molecular complexity index is 630. The molecule has 0 N–H and O–H groups in total. The van der Waals surface area contributed by atoms with Crippen molar-refractivity contribution in [2.75, 3.05) is 0 Å². The maximum absolute atomic E-state index is 4.25. The summed E-state index contributed by atoms with van der Waals surface area (Å²) in [4.78, 5) is 12.6. The highest BCUT2D eigenvalue weighted by atomic mass is 79.9. The Morgan fingerprint density at radius 3 is 2.69 bits per heavy atom. The molecule has 5 heteroatoms. The van der Waals surface area contributed by atoms with Crippen molar-refractivity contribution >= 4 is 26.8 Å². The van der Waals surface area contributed by atoms with Crippen LogP contribution in [0, 0.1) is 0 Å². The van der Waals surface area contributed by atoms with Crippen LogP contribution in [0.25, 0.3) is 16.9 Å². The molecule has 0 aromatic carbocycles. The predicted molar refractivity (Wildman–Crippen MR) is 64.4 cm³/mol. The topological polar surface area (TPSA) is 43.6 Å². The van der Waals surface area contributed by atoms with Crippen molar-refractivity contribution in [1.29, 1.82) is 0 Å². The van der Waals surface area contributed by atoms with Crippen LogP contribution in [0.15, 0.2) is 47.6 Å². The molecule has 3 aromatic heterocycles. The van der Waals surface area contributed by atoms with E-state index in [4.69, 9.17) is 0 Å². The summed E-state index contributed by atoms with van der Waals surface area (Å²) in [7, 11) is 0. The molecule has 0 saturated heterocycles. The fourth-order valence-corrected chi connectivity index (χ4v) is 1.78.